The number of hydrogen-bond donors (Lipinski definition) is 0. The zero-order chi connectivity index (χ0) is 22.5. The topological polar surface area (TPSA) is 92.7 Å². The Bertz CT molecular complexity index is 1060. The molecule has 168 valence electrons. The number of halogens is 1. The molecule has 4 rings (SSSR count). The third-order valence-corrected chi connectivity index (χ3v) is 5.90. The summed E-state index contributed by atoms with van der Waals surface area (Å²) in [7, 11) is 0. The summed E-state index contributed by atoms with van der Waals surface area (Å²) in [6, 6.07) is 10.6. The van der Waals surface area contributed by atoms with Gasteiger partial charge in [0.1, 0.15) is 0 Å². The largest absolute Gasteiger partial charge is 0.459 e. The highest BCUT2D eigenvalue weighted by Gasteiger charge is 2.31. The highest BCUT2D eigenvalue weighted by atomic mass is 35.5. The lowest BCUT2D eigenvalue weighted by Gasteiger charge is -2.33. The van der Waals surface area contributed by atoms with Crippen LogP contribution in [0.1, 0.15) is 42.6 Å². The maximum atomic E-state index is 13.2. The first-order valence-electron chi connectivity index (χ1n) is 10.8. The van der Waals surface area contributed by atoms with Crippen molar-refractivity contribution < 1.29 is 18.4 Å². The fraction of sp³-hybridized carbons (Fsp3) is 0.391. The Morgan fingerprint density at radius 3 is 2.62 bits per heavy atom. The zero-order valence-electron chi connectivity index (χ0n) is 17.9. The highest BCUT2D eigenvalue weighted by molar-refractivity contribution is 6.33. The van der Waals surface area contributed by atoms with Crippen LogP contribution in [0.25, 0.3) is 11.5 Å². The molecule has 2 amide bonds. The van der Waals surface area contributed by atoms with E-state index >= 15 is 0 Å². The molecule has 1 saturated heterocycles. The van der Waals surface area contributed by atoms with Crippen LogP contribution >= 0.6 is 11.6 Å². The number of carbonyl (C=O) groups is 2. The molecule has 3 aromatic rings. The predicted molar refractivity (Wildman–Crippen MR) is 118 cm³/mol. The van der Waals surface area contributed by atoms with Crippen LogP contribution in [0.2, 0.25) is 5.02 Å². The van der Waals surface area contributed by atoms with Crippen LogP contribution in [0.15, 0.2) is 51.5 Å². The molecule has 0 unspecified atom stereocenters. The third-order valence-electron chi connectivity index (χ3n) is 5.57. The minimum absolute atomic E-state index is 0.0504. The van der Waals surface area contributed by atoms with Crippen molar-refractivity contribution in [3.05, 3.63) is 59.3 Å². The second-order valence-electron chi connectivity index (χ2n) is 7.78. The molecule has 0 spiro atoms. The summed E-state index contributed by atoms with van der Waals surface area (Å²) in [5, 5.41) is 8.74. The molecule has 8 nitrogen and oxygen atoms in total. The summed E-state index contributed by atoms with van der Waals surface area (Å²) in [5.41, 5.74) is 0.662. The van der Waals surface area contributed by atoms with Gasteiger partial charge in [0.15, 0.2) is 5.76 Å². The molecular formula is C23H25ClN4O4. The van der Waals surface area contributed by atoms with Crippen molar-refractivity contribution in [1.29, 1.82) is 0 Å². The van der Waals surface area contributed by atoms with E-state index in [4.69, 9.17) is 20.4 Å². The number of nitrogens with zero attached hydrogens (tertiary/aromatic N) is 4. The monoisotopic (exact) mass is 456 g/mol. The van der Waals surface area contributed by atoms with Crippen molar-refractivity contribution in [2.45, 2.75) is 32.7 Å². The first-order valence-corrected chi connectivity index (χ1v) is 11.1. The van der Waals surface area contributed by atoms with Crippen molar-refractivity contribution in [3.8, 4) is 11.5 Å². The summed E-state index contributed by atoms with van der Waals surface area (Å²) in [6.07, 6.45) is 3.52. The molecule has 0 N–H and O–H groups in total. The Hall–Kier alpha value is -3.13. The molecule has 0 bridgehead atoms. The van der Waals surface area contributed by atoms with Gasteiger partial charge < -0.3 is 18.6 Å². The van der Waals surface area contributed by atoms with Gasteiger partial charge in [-0.1, -0.05) is 30.7 Å². The molecule has 0 radical (unpaired) electrons. The Kier molecular flexibility index (Phi) is 6.90. The fourth-order valence-electron chi connectivity index (χ4n) is 3.91. The number of amides is 2. The second-order valence-corrected chi connectivity index (χ2v) is 8.19. The maximum absolute atomic E-state index is 13.2. The zero-order valence-corrected chi connectivity index (χ0v) is 18.6. The van der Waals surface area contributed by atoms with Gasteiger partial charge in [-0.05, 0) is 43.5 Å². The Morgan fingerprint density at radius 1 is 1.16 bits per heavy atom. The van der Waals surface area contributed by atoms with Crippen molar-refractivity contribution in [2.75, 3.05) is 19.6 Å². The second kappa shape index (κ2) is 9.99. The number of benzene rings is 1. The molecule has 32 heavy (non-hydrogen) atoms. The summed E-state index contributed by atoms with van der Waals surface area (Å²) in [6.45, 7) is 3.90. The van der Waals surface area contributed by atoms with Crippen molar-refractivity contribution >= 4 is 23.4 Å². The number of likely N-dealkylation sites (tertiary alicyclic amines) is 1. The van der Waals surface area contributed by atoms with Gasteiger partial charge in [0, 0.05) is 25.6 Å². The number of piperidine rings is 1. The van der Waals surface area contributed by atoms with E-state index < -0.39 is 0 Å². The average molecular weight is 457 g/mol. The average Bonchev–Trinajstić information content (AvgIpc) is 3.51. The molecule has 0 aliphatic carbocycles. The van der Waals surface area contributed by atoms with E-state index in [1.165, 1.54) is 6.26 Å². The molecule has 0 saturated carbocycles. The molecule has 1 aliphatic heterocycles. The number of aromatic nitrogens is 2. The van der Waals surface area contributed by atoms with E-state index in [9.17, 15) is 9.59 Å². The van der Waals surface area contributed by atoms with Crippen LogP contribution in [0.5, 0.6) is 0 Å². The van der Waals surface area contributed by atoms with Crippen LogP contribution in [0.3, 0.4) is 0 Å². The van der Waals surface area contributed by atoms with Gasteiger partial charge >= 0.3 is 0 Å². The van der Waals surface area contributed by atoms with Crippen LogP contribution < -0.4 is 0 Å². The standard InChI is InChI=1S/C23H25ClN4O4/c1-2-11-28(15-20-25-26-21(32-20)17-6-3-4-7-18(17)24)22(29)16-9-12-27(13-10-16)23(30)19-8-5-14-31-19/h3-8,14,16H,2,9-13,15H2,1H3. The lowest BCUT2D eigenvalue weighted by molar-refractivity contribution is -0.138. The Balaban J connectivity index is 1.38. The van der Waals surface area contributed by atoms with E-state index in [0.717, 1.165) is 6.42 Å². The minimum atomic E-state index is -0.145. The summed E-state index contributed by atoms with van der Waals surface area (Å²) in [5.74, 6) is 0.798. The van der Waals surface area contributed by atoms with Crippen LogP contribution in [0, 0.1) is 5.92 Å². The van der Waals surface area contributed by atoms with E-state index in [2.05, 4.69) is 10.2 Å². The van der Waals surface area contributed by atoms with E-state index in [0.29, 0.717) is 60.6 Å². The normalized spacial score (nSPS) is 14.5. The molecule has 1 aromatic carbocycles. The molecule has 2 aromatic heterocycles. The van der Waals surface area contributed by atoms with Gasteiger partial charge in [0.2, 0.25) is 17.7 Å². The molecular weight excluding hydrogens is 432 g/mol. The van der Waals surface area contributed by atoms with E-state index in [1.54, 1.807) is 28.0 Å². The van der Waals surface area contributed by atoms with Gasteiger partial charge in [0.25, 0.3) is 5.91 Å². The predicted octanol–water partition coefficient (Wildman–Crippen LogP) is 4.27. The summed E-state index contributed by atoms with van der Waals surface area (Å²) < 4.78 is 11.0. The SMILES string of the molecule is CCCN(Cc1nnc(-c2ccccc2Cl)o1)C(=O)C1CCN(C(=O)c2ccco2)CC1. The van der Waals surface area contributed by atoms with Crippen molar-refractivity contribution in [1.82, 2.24) is 20.0 Å². The van der Waals surface area contributed by atoms with Gasteiger partial charge in [-0.3, -0.25) is 9.59 Å². The van der Waals surface area contributed by atoms with Gasteiger partial charge in [-0.15, -0.1) is 10.2 Å². The number of carbonyl (C=O) groups excluding carboxylic acids is 2. The van der Waals surface area contributed by atoms with Gasteiger partial charge in [-0.2, -0.15) is 0 Å². The van der Waals surface area contributed by atoms with E-state index in [1.807, 2.05) is 25.1 Å². The number of furan rings is 1. The number of hydrogen-bond acceptors (Lipinski definition) is 6. The number of rotatable bonds is 7. The highest BCUT2D eigenvalue weighted by Crippen LogP contribution is 2.27. The quantitative estimate of drug-likeness (QED) is 0.527. The minimum Gasteiger partial charge on any atom is -0.459 e. The maximum Gasteiger partial charge on any atom is 0.289 e. The first kappa shape index (κ1) is 22.1. The molecule has 1 fully saturated rings. The fourth-order valence-corrected chi connectivity index (χ4v) is 4.12. The van der Waals surface area contributed by atoms with E-state index in [-0.39, 0.29) is 24.3 Å². The summed E-state index contributed by atoms with van der Waals surface area (Å²) >= 11 is 6.22. The van der Waals surface area contributed by atoms with Crippen LogP contribution in [0.4, 0.5) is 0 Å². The van der Waals surface area contributed by atoms with Gasteiger partial charge in [0.05, 0.1) is 23.4 Å². The lowest BCUT2D eigenvalue weighted by atomic mass is 9.95. The van der Waals surface area contributed by atoms with Crippen LogP contribution in [-0.4, -0.2) is 51.4 Å². The molecule has 0 atom stereocenters. The van der Waals surface area contributed by atoms with Crippen LogP contribution in [-0.2, 0) is 11.3 Å². The summed E-state index contributed by atoms with van der Waals surface area (Å²) in [4.78, 5) is 29.2. The smallest absolute Gasteiger partial charge is 0.289 e. The Labute approximate surface area is 191 Å². The Morgan fingerprint density at radius 2 is 1.94 bits per heavy atom. The third kappa shape index (κ3) is 4.85. The lowest BCUT2D eigenvalue weighted by Crippen LogP contribution is -2.44. The van der Waals surface area contributed by atoms with Crippen molar-refractivity contribution in [3.63, 3.8) is 0 Å². The molecule has 1 aliphatic rings. The van der Waals surface area contributed by atoms with Gasteiger partial charge in [-0.25, -0.2) is 0 Å². The van der Waals surface area contributed by atoms with Crippen molar-refractivity contribution in [2.24, 2.45) is 5.92 Å². The first-order chi connectivity index (χ1) is 15.6. The molecule has 3 heterocycles. The molecule has 9 heteroatoms.